The number of ether oxygens (including phenoxy) is 3. The molecule has 1 amide bonds. The molecule has 0 aliphatic carbocycles. The molecule has 0 saturated carbocycles. The van der Waals surface area contributed by atoms with Crippen molar-refractivity contribution in [3.63, 3.8) is 0 Å². The molecule has 0 spiro atoms. The Morgan fingerprint density at radius 3 is 2.44 bits per heavy atom. The zero-order chi connectivity index (χ0) is 18.4. The summed E-state index contributed by atoms with van der Waals surface area (Å²) in [4.78, 5) is 12.5. The van der Waals surface area contributed by atoms with E-state index in [-0.39, 0.29) is 5.91 Å². The average Bonchev–Trinajstić information content (AvgIpc) is 3.05. The molecule has 136 valence electrons. The standard InChI is InChI=1S/C17H24N4O4/c1-18-14(12-9-20-21(2)10-12)17(22)19-8-11-6-7-13(23-3)16(25-5)15(11)24-4/h6-7,9-10,14,18H,8H2,1-5H3,(H,19,22). The lowest BCUT2D eigenvalue weighted by atomic mass is 10.1. The molecule has 1 unspecified atom stereocenters. The maximum absolute atomic E-state index is 12.5. The number of nitrogens with zero attached hydrogens (tertiary/aromatic N) is 2. The lowest BCUT2D eigenvalue weighted by Crippen LogP contribution is -2.35. The first-order chi connectivity index (χ1) is 12.0. The molecule has 2 rings (SSSR count). The normalized spacial score (nSPS) is 11.7. The fraction of sp³-hybridized carbons (Fsp3) is 0.412. The molecule has 2 N–H and O–H groups in total. The summed E-state index contributed by atoms with van der Waals surface area (Å²) in [5.41, 5.74) is 1.58. The van der Waals surface area contributed by atoms with Crippen molar-refractivity contribution in [2.75, 3.05) is 28.4 Å². The van der Waals surface area contributed by atoms with Crippen LogP contribution in [-0.2, 0) is 18.4 Å². The van der Waals surface area contributed by atoms with Gasteiger partial charge in [0.15, 0.2) is 11.5 Å². The number of benzene rings is 1. The van der Waals surface area contributed by atoms with Crippen molar-refractivity contribution >= 4 is 5.91 Å². The first kappa shape index (κ1) is 18.6. The zero-order valence-electron chi connectivity index (χ0n) is 15.1. The Labute approximate surface area is 147 Å². The third-order valence-electron chi connectivity index (χ3n) is 3.85. The molecule has 2 aromatic rings. The lowest BCUT2D eigenvalue weighted by molar-refractivity contribution is -0.123. The maximum atomic E-state index is 12.5. The van der Waals surface area contributed by atoms with E-state index < -0.39 is 6.04 Å². The quantitative estimate of drug-likeness (QED) is 0.741. The highest BCUT2D eigenvalue weighted by Gasteiger charge is 2.21. The fourth-order valence-electron chi connectivity index (χ4n) is 2.63. The van der Waals surface area contributed by atoms with Gasteiger partial charge in [-0.25, -0.2) is 0 Å². The number of carbonyl (C=O) groups excluding carboxylic acids is 1. The van der Waals surface area contributed by atoms with E-state index in [1.54, 1.807) is 51.5 Å². The average molecular weight is 348 g/mol. The van der Waals surface area contributed by atoms with Gasteiger partial charge >= 0.3 is 0 Å². The minimum absolute atomic E-state index is 0.160. The van der Waals surface area contributed by atoms with Gasteiger partial charge in [-0.2, -0.15) is 5.10 Å². The van der Waals surface area contributed by atoms with Crippen LogP contribution in [0.2, 0.25) is 0 Å². The number of nitrogens with one attached hydrogen (secondary N) is 2. The van der Waals surface area contributed by atoms with Gasteiger partial charge in [0.2, 0.25) is 11.7 Å². The van der Waals surface area contributed by atoms with Gasteiger partial charge in [-0.3, -0.25) is 9.48 Å². The SMILES string of the molecule is CNC(C(=O)NCc1ccc(OC)c(OC)c1OC)c1cnn(C)c1. The van der Waals surface area contributed by atoms with E-state index in [2.05, 4.69) is 15.7 Å². The minimum Gasteiger partial charge on any atom is -0.493 e. The van der Waals surface area contributed by atoms with Crippen molar-refractivity contribution in [1.82, 2.24) is 20.4 Å². The van der Waals surface area contributed by atoms with Crippen LogP contribution in [-0.4, -0.2) is 44.1 Å². The Morgan fingerprint density at radius 2 is 1.92 bits per heavy atom. The summed E-state index contributed by atoms with van der Waals surface area (Å²) >= 11 is 0. The van der Waals surface area contributed by atoms with Crippen LogP contribution in [0.4, 0.5) is 0 Å². The molecule has 0 bridgehead atoms. The third kappa shape index (κ3) is 4.03. The van der Waals surface area contributed by atoms with Crippen molar-refractivity contribution in [3.05, 3.63) is 35.7 Å². The topological polar surface area (TPSA) is 86.6 Å². The van der Waals surface area contributed by atoms with Crippen molar-refractivity contribution < 1.29 is 19.0 Å². The van der Waals surface area contributed by atoms with E-state index in [0.717, 1.165) is 11.1 Å². The molecule has 0 aliphatic heterocycles. The Bertz CT molecular complexity index is 729. The van der Waals surface area contributed by atoms with E-state index in [1.165, 1.54) is 0 Å². The van der Waals surface area contributed by atoms with Crippen LogP contribution in [0.5, 0.6) is 17.2 Å². The molecule has 8 nitrogen and oxygen atoms in total. The molecule has 1 atom stereocenters. The second kappa shape index (κ2) is 8.39. The highest BCUT2D eigenvalue weighted by Crippen LogP contribution is 2.39. The number of aromatic nitrogens is 2. The Morgan fingerprint density at radius 1 is 1.20 bits per heavy atom. The molecule has 25 heavy (non-hydrogen) atoms. The smallest absolute Gasteiger partial charge is 0.242 e. The van der Waals surface area contributed by atoms with Crippen LogP contribution in [0.3, 0.4) is 0 Å². The molecule has 1 aromatic carbocycles. The molecule has 1 aromatic heterocycles. The van der Waals surface area contributed by atoms with Gasteiger partial charge in [0.1, 0.15) is 6.04 Å². The number of rotatable bonds is 8. The molecule has 0 saturated heterocycles. The molecule has 0 radical (unpaired) electrons. The largest absolute Gasteiger partial charge is 0.493 e. The Kier molecular flexibility index (Phi) is 6.24. The van der Waals surface area contributed by atoms with Gasteiger partial charge in [-0.1, -0.05) is 0 Å². The number of aryl methyl sites for hydroxylation is 1. The van der Waals surface area contributed by atoms with Crippen LogP contribution >= 0.6 is 0 Å². The van der Waals surface area contributed by atoms with E-state index >= 15 is 0 Å². The number of hydrogen-bond donors (Lipinski definition) is 2. The van der Waals surface area contributed by atoms with E-state index in [0.29, 0.717) is 23.8 Å². The van der Waals surface area contributed by atoms with Crippen LogP contribution in [0.1, 0.15) is 17.2 Å². The molecular weight excluding hydrogens is 324 g/mol. The fourth-order valence-corrected chi connectivity index (χ4v) is 2.63. The summed E-state index contributed by atoms with van der Waals surface area (Å²) in [6.07, 6.45) is 3.47. The van der Waals surface area contributed by atoms with Crippen LogP contribution in [0, 0.1) is 0 Å². The van der Waals surface area contributed by atoms with Gasteiger partial charge in [-0.15, -0.1) is 0 Å². The van der Waals surface area contributed by atoms with Crippen LogP contribution < -0.4 is 24.8 Å². The van der Waals surface area contributed by atoms with Crippen molar-refractivity contribution in [2.45, 2.75) is 12.6 Å². The summed E-state index contributed by atoms with van der Waals surface area (Å²) in [5, 5.41) is 10.0. The first-order valence-electron chi connectivity index (χ1n) is 7.77. The maximum Gasteiger partial charge on any atom is 0.242 e. The van der Waals surface area contributed by atoms with Gasteiger partial charge in [0, 0.05) is 30.9 Å². The summed E-state index contributed by atoms with van der Waals surface area (Å²) < 4.78 is 17.7. The van der Waals surface area contributed by atoms with Crippen molar-refractivity contribution in [1.29, 1.82) is 0 Å². The molecule has 1 heterocycles. The third-order valence-corrected chi connectivity index (χ3v) is 3.85. The summed E-state index contributed by atoms with van der Waals surface area (Å²) in [6.45, 7) is 0.292. The van der Waals surface area contributed by atoms with E-state index in [1.807, 2.05) is 13.1 Å². The van der Waals surface area contributed by atoms with Crippen molar-refractivity contribution in [3.8, 4) is 17.2 Å². The summed E-state index contributed by atoms with van der Waals surface area (Å²) in [5.74, 6) is 1.43. The van der Waals surface area contributed by atoms with Gasteiger partial charge in [-0.05, 0) is 19.2 Å². The Balaban J connectivity index is 2.16. The highest BCUT2D eigenvalue weighted by molar-refractivity contribution is 5.83. The number of likely N-dealkylation sites (N-methyl/N-ethyl adjacent to an activating group) is 1. The second-order valence-corrected chi connectivity index (χ2v) is 5.38. The van der Waals surface area contributed by atoms with E-state index in [4.69, 9.17) is 14.2 Å². The summed E-state index contributed by atoms with van der Waals surface area (Å²) in [6, 6.07) is 3.12. The summed E-state index contributed by atoms with van der Waals surface area (Å²) in [7, 11) is 8.19. The number of hydrogen-bond acceptors (Lipinski definition) is 6. The second-order valence-electron chi connectivity index (χ2n) is 5.38. The Hall–Kier alpha value is -2.74. The molecule has 0 aliphatic rings. The minimum atomic E-state index is -0.486. The predicted molar refractivity (Wildman–Crippen MR) is 93.0 cm³/mol. The molecular formula is C17H24N4O4. The lowest BCUT2D eigenvalue weighted by Gasteiger charge is -2.18. The van der Waals surface area contributed by atoms with E-state index in [9.17, 15) is 4.79 Å². The van der Waals surface area contributed by atoms with Crippen LogP contribution in [0.25, 0.3) is 0 Å². The molecule has 0 fully saturated rings. The number of methoxy groups -OCH3 is 3. The van der Waals surface area contributed by atoms with Gasteiger partial charge in [0.25, 0.3) is 0 Å². The molecule has 8 heteroatoms. The van der Waals surface area contributed by atoms with Gasteiger partial charge < -0.3 is 24.8 Å². The predicted octanol–water partition coefficient (Wildman–Crippen LogP) is 1.02. The highest BCUT2D eigenvalue weighted by atomic mass is 16.5. The zero-order valence-corrected chi connectivity index (χ0v) is 15.1. The van der Waals surface area contributed by atoms with Crippen LogP contribution in [0.15, 0.2) is 24.5 Å². The number of carbonyl (C=O) groups is 1. The monoisotopic (exact) mass is 348 g/mol. The van der Waals surface area contributed by atoms with Crippen molar-refractivity contribution in [2.24, 2.45) is 7.05 Å². The first-order valence-corrected chi connectivity index (χ1v) is 7.77. The van der Waals surface area contributed by atoms with Gasteiger partial charge in [0.05, 0.1) is 27.5 Å². The number of amides is 1.